The summed E-state index contributed by atoms with van der Waals surface area (Å²) in [7, 11) is -3.45. The molecule has 0 unspecified atom stereocenters. The van der Waals surface area contributed by atoms with Crippen LogP contribution in [0.15, 0.2) is 29.2 Å². The average molecular weight is 433 g/mol. The largest absolute Gasteiger partial charge is 0.239 e. The van der Waals surface area contributed by atoms with Crippen molar-refractivity contribution in [2.75, 3.05) is 0 Å². The molecular weight excluding hydrogens is 424 g/mol. The summed E-state index contributed by atoms with van der Waals surface area (Å²) in [5, 5.41) is 0. The fourth-order valence-corrected chi connectivity index (χ4v) is 3.91. The summed E-state index contributed by atoms with van der Waals surface area (Å²) in [6, 6.07) is 7.09. The van der Waals surface area contributed by atoms with Crippen molar-refractivity contribution in [3.63, 3.8) is 0 Å². The Balaban J connectivity index is 2.34. The van der Waals surface area contributed by atoms with Crippen LogP contribution in [0.25, 0.3) is 0 Å². The molecule has 1 fully saturated rings. The van der Waals surface area contributed by atoms with Crippen LogP contribution < -0.4 is 0 Å². The maximum atomic E-state index is 12.0. The summed E-state index contributed by atoms with van der Waals surface area (Å²) >= 11 is 9.13. The molecule has 0 N–H and O–H groups in total. The molecule has 0 heterocycles. The highest BCUT2D eigenvalue weighted by molar-refractivity contribution is 9.42. The average Bonchev–Trinajstić information content (AvgIpc) is 2.99. The molecule has 2 rings (SSSR count). The Hall–Kier alpha value is 0.610. The summed E-state index contributed by atoms with van der Waals surface area (Å²) in [4.78, 5) is 0.294. The Morgan fingerprint density at radius 2 is 1.56 bits per heavy atom. The molecule has 0 amide bonds. The molecule has 1 aliphatic rings. The number of hydrogen-bond donors (Lipinski definition) is 0. The van der Waals surface area contributed by atoms with Gasteiger partial charge in [0.05, 0.1) is 4.90 Å². The number of sulfone groups is 1. The van der Waals surface area contributed by atoms with Crippen LogP contribution in [0.4, 0.5) is 0 Å². The molecule has 88 valence electrons. The molecule has 0 spiro atoms. The third-order valence-electron chi connectivity index (χ3n) is 2.54. The van der Waals surface area contributed by atoms with E-state index in [-0.39, 0.29) is 0 Å². The standard InChI is InChI=1S/C10H9Br3O2S/c11-10(12,13)16(14,15)9-5-3-8(4-6-9)7-1-2-7/h3-7H,1-2H2. The minimum absolute atomic E-state index is 0.294. The van der Waals surface area contributed by atoms with Crippen molar-refractivity contribution in [1.82, 2.24) is 0 Å². The first-order valence-electron chi connectivity index (χ1n) is 4.74. The summed E-state index contributed by atoms with van der Waals surface area (Å²) in [6.45, 7) is 0. The van der Waals surface area contributed by atoms with Gasteiger partial charge < -0.3 is 0 Å². The fraction of sp³-hybridized carbons (Fsp3) is 0.400. The van der Waals surface area contributed by atoms with Gasteiger partial charge in [-0.2, -0.15) is 0 Å². The van der Waals surface area contributed by atoms with E-state index in [0.29, 0.717) is 10.8 Å². The van der Waals surface area contributed by atoms with E-state index in [2.05, 4.69) is 47.8 Å². The topological polar surface area (TPSA) is 34.1 Å². The highest BCUT2D eigenvalue weighted by atomic mass is 80.0. The van der Waals surface area contributed by atoms with Crippen molar-refractivity contribution in [3.05, 3.63) is 29.8 Å². The number of halogens is 3. The number of benzene rings is 1. The minimum atomic E-state index is -3.45. The number of alkyl halides is 3. The Kier molecular flexibility index (Phi) is 3.57. The van der Waals surface area contributed by atoms with Gasteiger partial charge in [0.25, 0.3) is 0 Å². The SMILES string of the molecule is O=S(=O)(c1ccc(C2CC2)cc1)C(Br)(Br)Br. The van der Waals surface area contributed by atoms with E-state index in [0.717, 1.165) is 0 Å². The van der Waals surface area contributed by atoms with Gasteiger partial charge in [0.2, 0.25) is 11.3 Å². The van der Waals surface area contributed by atoms with Crippen LogP contribution in [0.2, 0.25) is 0 Å². The number of hydrogen-bond acceptors (Lipinski definition) is 2. The zero-order valence-electron chi connectivity index (χ0n) is 8.16. The van der Waals surface area contributed by atoms with Gasteiger partial charge in [-0.25, -0.2) is 8.42 Å². The van der Waals surface area contributed by atoms with Crippen molar-refractivity contribution in [3.8, 4) is 0 Å². The molecule has 1 aromatic rings. The van der Waals surface area contributed by atoms with Crippen molar-refractivity contribution in [1.29, 1.82) is 0 Å². The molecule has 1 saturated carbocycles. The van der Waals surface area contributed by atoms with Crippen LogP contribution in [0.1, 0.15) is 24.3 Å². The van der Waals surface area contributed by atoms with E-state index in [4.69, 9.17) is 0 Å². The molecule has 0 saturated heterocycles. The zero-order chi connectivity index (χ0) is 12.0. The molecule has 2 nitrogen and oxygen atoms in total. The van der Waals surface area contributed by atoms with E-state index < -0.39 is 11.3 Å². The summed E-state index contributed by atoms with van der Waals surface area (Å²) in [5.74, 6) is 0.637. The lowest BCUT2D eigenvalue weighted by Crippen LogP contribution is -2.17. The van der Waals surface area contributed by atoms with Gasteiger partial charge in [0, 0.05) is 0 Å². The summed E-state index contributed by atoms with van der Waals surface area (Å²) in [6.07, 6.45) is 2.43. The van der Waals surface area contributed by atoms with Crippen LogP contribution >= 0.6 is 47.8 Å². The molecule has 0 bridgehead atoms. The first-order valence-corrected chi connectivity index (χ1v) is 8.60. The third kappa shape index (κ3) is 2.54. The van der Waals surface area contributed by atoms with Gasteiger partial charge in [-0.1, -0.05) is 12.1 Å². The van der Waals surface area contributed by atoms with Gasteiger partial charge in [-0.3, -0.25) is 0 Å². The van der Waals surface area contributed by atoms with Gasteiger partial charge >= 0.3 is 0 Å². The highest BCUT2D eigenvalue weighted by Crippen LogP contribution is 2.44. The zero-order valence-corrected chi connectivity index (χ0v) is 13.7. The predicted octanol–water partition coefficient (Wildman–Crippen LogP) is 4.13. The summed E-state index contributed by atoms with van der Waals surface area (Å²) < 4.78 is 22.7. The fourth-order valence-electron chi connectivity index (χ4n) is 1.47. The lowest BCUT2D eigenvalue weighted by atomic mass is 10.1. The molecule has 0 aromatic heterocycles. The van der Waals surface area contributed by atoms with Gasteiger partial charge in [0.15, 0.2) is 0 Å². The van der Waals surface area contributed by atoms with Crippen LogP contribution in [0.5, 0.6) is 0 Å². The molecule has 0 aliphatic heterocycles. The molecule has 16 heavy (non-hydrogen) atoms. The third-order valence-corrected chi connectivity index (χ3v) is 7.88. The Labute approximate surface area is 120 Å². The van der Waals surface area contributed by atoms with E-state index >= 15 is 0 Å². The van der Waals surface area contributed by atoms with E-state index in [1.54, 1.807) is 12.1 Å². The monoisotopic (exact) mass is 430 g/mol. The molecule has 1 aromatic carbocycles. The van der Waals surface area contributed by atoms with Crippen LogP contribution in [-0.4, -0.2) is 9.89 Å². The second kappa shape index (κ2) is 4.37. The van der Waals surface area contributed by atoms with E-state index in [1.165, 1.54) is 18.4 Å². The normalized spacial score (nSPS) is 17.4. The van der Waals surface area contributed by atoms with Crippen molar-refractivity contribution < 1.29 is 8.42 Å². The van der Waals surface area contributed by atoms with Crippen molar-refractivity contribution in [2.24, 2.45) is 0 Å². The molecular formula is C10H9Br3O2S. The molecule has 1 aliphatic carbocycles. The van der Waals surface area contributed by atoms with E-state index in [1.807, 2.05) is 12.1 Å². The van der Waals surface area contributed by atoms with Gasteiger partial charge in [0.1, 0.15) is 0 Å². The maximum absolute atomic E-state index is 12.0. The second-order valence-electron chi connectivity index (χ2n) is 3.79. The smallest absolute Gasteiger partial charge is 0.220 e. The van der Waals surface area contributed by atoms with Crippen molar-refractivity contribution in [2.45, 2.75) is 25.1 Å². The van der Waals surface area contributed by atoms with Crippen LogP contribution in [0.3, 0.4) is 0 Å². The Morgan fingerprint density at radius 1 is 1.06 bits per heavy atom. The van der Waals surface area contributed by atoms with Crippen molar-refractivity contribution >= 4 is 57.6 Å². The molecule has 0 atom stereocenters. The lowest BCUT2D eigenvalue weighted by molar-refractivity contribution is 0.599. The lowest BCUT2D eigenvalue weighted by Gasteiger charge is -2.13. The van der Waals surface area contributed by atoms with Crippen LogP contribution in [-0.2, 0) is 9.84 Å². The van der Waals surface area contributed by atoms with Gasteiger partial charge in [-0.05, 0) is 84.2 Å². The van der Waals surface area contributed by atoms with Gasteiger partial charge in [-0.15, -0.1) is 0 Å². The molecule has 0 radical (unpaired) electrons. The highest BCUT2D eigenvalue weighted by Gasteiger charge is 2.37. The quantitative estimate of drug-likeness (QED) is 0.658. The predicted molar refractivity (Wildman–Crippen MR) is 75.1 cm³/mol. The van der Waals surface area contributed by atoms with E-state index in [9.17, 15) is 8.42 Å². The molecule has 6 heteroatoms. The Morgan fingerprint density at radius 3 is 1.94 bits per heavy atom. The first-order chi connectivity index (χ1) is 7.32. The maximum Gasteiger partial charge on any atom is 0.239 e. The number of rotatable bonds is 2. The minimum Gasteiger partial charge on any atom is -0.220 e. The summed E-state index contributed by atoms with van der Waals surface area (Å²) in [5.41, 5.74) is 1.23. The Bertz CT molecular complexity index is 484. The van der Waals surface area contributed by atoms with Crippen LogP contribution in [0, 0.1) is 0 Å². The second-order valence-corrected chi connectivity index (χ2v) is 14.2. The first kappa shape index (κ1) is 13.1.